The highest BCUT2D eigenvalue weighted by Crippen LogP contribution is 2.25. The minimum Gasteiger partial charge on any atom is -0.415 e. The first kappa shape index (κ1) is 11.6. The quantitative estimate of drug-likeness (QED) is 0.410. The summed E-state index contributed by atoms with van der Waals surface area (Å²) in [6.45, 7) is 6.63. The molecule has 0 amide bonds. The normalized spacial score (nSPS) is 28.2. The standard InChI is InChI=1S/C10H19NO2Si/c1-14(2,3)13-10-6-4-9(5-7-10)11-8-12/h9-10H,4-7H2,1-3H3/t9-,10-. The van der Waals surface area contributed by atoms with Gasteiger partial charge in [-0.3, -0.25) is 0 Å². The van der Waals surface area contributed by atoms with Gasteiger partial charge in [-0.15, -0.1) is 0 Å². The molecule has 0 N–H and O–H groups in total. The van der Waals surface area contributed by atoms with Gasteiger partial charge in [-0.05, 0) is 45.3 Å². The van der Waals surface area contributed by atoms with Gasteiger partial charge in [0.1, 0.15) is 0 Å². The highest BCUT2D eigenvalue weighted by molar-refractivity contribution is 6.69. The van der Waals surface area contributed by atoms with E-state index in [2.05, 4.69) is 24.6 Å². The summed E-state index contributed by atoms with van der Waals surface area (Å²) in [6.07, 6.45) is 6.08. The van der Waals surface area contributed by atoms with E-state index in [1.807, 2.05) is 0 Å². The molecule has 0 radical (unpaired) electrons. The lowest BCUT2D eigenvalue weighted by atomic mass is 9.94. The Balaban J connectivity index is 2.32. The Morgan fingerprint density at radius 3 is 2.21 bits per heavy atom. The van der Waals surface area contributed by atoms with Gasteiger partial charge in [0.15, 0.2) is 8.32 Å². The highest BCUT2D eigenvalue weighted by atomic mass is 28.4. The number of rotatable bonds is 3. The predicted molar refractivity (Wildman–Crippen MR) is 58.6 cm³/mol. The molecule has 0 aromatic carbocycles. The number of isocyanates is 1. The molecule has 1 rings (SSSR count). The Kier molecular flexibility index (Phi) is 4.05. The average Bonchev–Trinajstić information content (AvgIpc) is 2.06. The third-order valence-corrected chi connectivity index (χ3v) is 3.44. The van der Waals surface area contributed by atoms with E-state index >= 15 is 0 Å². The topological polar surface area (TPSA) is 38.7 Å². The van der Waals surface area contributed by atoms with Gasteiger partial charge in [-0.1, -0.05) is 0 Å². The Morgan fingerprint density at radius 1 is 1.21 bits per heavy atom. The lowest BCUT2D eigenvalue weighted by molar-refractivity contribution is 0.140. The predicted octanol–water partition coefficient (Wildman–Crippen LogP) is 2.48. The van der Waals surface area contributed by atoms with Crippen molar-refractivity contribution in [2.75, 3.05) is 0 Å². The Hall–Kier alpha value is -0.443. The maximum atomic E-state index is 10.1. The van der Waals surface area contributed by atoms with Gasteiger partial charge < -0.3 is 4.43 Å². The monoisotopic (exact) mass is 213 g/mol. The van der Waals surface area contributed by atoms with E-state index < -0.39 is 8.32 Å². The van der Waals surface area contributed by atoms with Crippen molar-refractivity contribution in [3.05, 3.63) is 0 Å². The molecule has 0 bridgehead atoms. The fourth-order valence-electron chi connectivity index (χ4n) is 1.87. The van der Waals surface area contributed by atoms with E-state index in [1.165, 1.54) is 0 Å². The molecule has 1 aliphatic carbocycles. The minimum absolute atomic E-state index is 0.203. The van der Waals surface area contributed by atoms with Crippen LogP contribution in [0.2, 0.25) is 19.6 Å². The largest absolute Gasteiger partial charge is 0.415 e. The Labute approximate surface area is 86.7 Å². The summed E-state index contributed by atoms with van der Waals surface area (Å²) in [4.78, 5) is 13.8. The Bertz CT molecular complexity index is 223. The third-order valence-electron chi connectivity index (χ3n) is 2.40. The molecule has 0 aliphatic heterocycles. The summed E-state index contributed by atoms with van der Waals surface area (Å²) < 4.78 is 6.00. The van der Waals surface area contributed by atoms with Gasteiger partial charge >= 0.3 is 0 Å². The molecule has 1 saturated carbocycles. The van der Waals surface area contributed by atoms with Gasteiger partial charge in [0, 0.05) is 6.10 Å². The molecular weight excluding hydrogens is 194 g/mol. The van der Waals surface area contributed by atoms with Crippen molar-refractivity contribution < 1.29 is 9.22 Å². The fraction of sp³-hybridized carbons (Fsp3) is 0.900. The lowest BCUT2D eigenvalue weighted by Gasteiger charge is -2.31. The van der Waals surface area contributed by atoms with Crippen LogP contribution in [0.5, 0.6) is 0 Å². The van der Waals surface area contributed by atoms with Gasteiger partial charge in [0.25, 0.3) is 0 Å². The molecule has 1 fully saturated rings. The second-order valence-corrected chi connectivity index (χ2v) is 9.34. The van der Waals surface area contributed by atoms with Gasteiger partial charge in [-0.25, -0.2) is 9.79 Å². The summed E-state index contributed by atoms with van der Waals surface area (Å²) >= 11 is 0. The van der Waals surface area contributed by atoms with E-state index in [1.54, 1.807) is 6.08 Å². The van der Waals surface area contributed by atoms with E-state index in [-0.39, 0.29) is 6.04 Å². The molecule has 0 aromatic rings. The van der Waals surface area contributed by atoms with E-state index in [4.69, 9.17) is 4.43 Å². The minimum atomic E-state index is -1.39. The molecule has 3 nitrogen and oxygen atoms in total. The maximum absolute atomic E-state index is 10.1. The zero-order valence-corrected chi connectivity index (χ0v) is 10.2. The number of aliphatic imine (C=N–C) groups is 1. The number of hydrogen-bond acceptors (Lipinski definition) is 3. The first-order valence-electron chi connectivity index (χ1n) is 5.26. The van der Waals surface area contributed by atoms with Crippen LogP contribution in [0, 0.1) is 0 Å². The molecule has 14 heavy (non-hydrogen) atoms. The first-order valence-corrected chi connectivity index (χ1v) is 8.67. The van der Waals surface area contributed by atoms with Crippen LogP contribution >= 0.6 is 0 Å². The van der Waals surface area contributed by atoms with Gasteiger partial charge in [0.05, 0.1) is 6.04 Å². The smallest absolute Gasteiger partial charge is 0.235 e. The second-order valence-electron chi connectivity index (χ2n) is 4.88. The zero-order chi connectivity index (χ0) is 10.6. The summed E-state index contributed by atoms with van der Waals surface area (Å²) in [5.41, 5.74) is 0. The lowest BCUT2D eigenvalue weighted by Crippen LogP contribution is -2.34. The molecule has 0 unspecified atom stereocenters. The molecule has 0 heterocycles. The van der Waals surface area contributed by atoms with Crippen molar-refractivity contribution in [1.29, 1.82) is 0 Å². The van der Waals surface area contributed by atoms with Crippen LogP contribution in [-0.2, 0) is 9.22 Å². The molecule has 80 valence electrons. The number of nitrogens with zero attached hydrogens (tertiary/aromatic N) is 1. The SMILES string of the molecule is C[Si](C)(C)O[C@H]1CC[C@H](N=C=O)CC1. The Morgan fingerprint density at radius 2 is 1.79 bits per heavy atom. The van der Waals surface area contributed by atoms with Crippen molar-refractivity contribution in [3.63, 3.8) is 0 Å². The average molecular weight is 213 g/mol. The molecule has 0 spiro atoms. The van der Waals surface area contributed by atoms with Crippen LogP contribution in [0.1, 0.15) is 25.7 Å². The van der Waals surface area contributed by atoms with Crippen molar-refractivity contribution in [2.24, 2.45) is 4.99 Å². The van der Waals surface area contributed by atoms with Crippen molar-refractivity contribution in [3.8, 4) is 0 Å². The van der Waals surface area contributed by atoms with Crippen LogP contribution in [0.15, 0.2) is 4.99 Å². The van der Waals surface area contributed by atoms with Crippen molar-refractivity contribution in [2.45, 2.75) is 57.5 Å². The molecule has 0 aromatic heterocycles. The summed E-state index contributed by atoms with van der Waals surface area (Å²) in [5.74, 6) is 0. The number of hydrogen-bond donors (Lipinski definition) is 0. The van der Waals surface area contributed by atoms with Crippen molar-refractivity contribution in [1.82, 2.24) is 0 Å². The summed E-state index contributed by atoms with van der Waals surface area (Å²) in [5, 5.41) is 0. The number of carbonyl (C=O) groups excluding carboxylic acids is 1. The zero-order valence-electron chi connectivity index (χ0n) is 9.25. The molecule has 0 saturated heterocycles. The van der Waals surface area contributed by atoms with Crippen LogP contribution in [-0.4, -0.2) is 26.5 Å². The van der Waals surface area contributed by atoms with Crippen LogP contribution in [0.25, 0.3) is 0 Å². The molecule has 1 aliphatic rings. The van der Waals surface area contributed by atoms with Crippen molar-refractivity contribution >= 4 is 14.4 Å². The first-order chi connectivity index (χ1) is 6.51. The fourth-order valence-corrected chi connectivity index (χ4v) is 3.10. The van der Waals surface area contributed by atoms with E-state index in [0.29, 0.717) is 6.10 Å². The highest BCUT2D eigenvalue weighted by Gasteiger charge is 2.26. The van der Waals surface area contributed by atoms with Gasteiger partial charge in [-0.2, -0.15) is 0 Å². The second kappa shape index (κ2) is 4.87. The maximum Gasteiger partial charge on any atom is 0.235 e. The van der Waals surface area contributed by atoms with E-state index in [9.17, 15) is 4.79 Å². The molecule has 4 heteroatoms. The van der Waals surface area contributed by atoms with Crippen LogP contribution < -0.4 is 0 Å². The van der Waals surface area contributed by atoms with Crippen LogP contribution in [0.4, 0.5) is 0 Å². The molecule has 0 atom stereocenters. The van der Waals surface area contributed by atoms with Crippen LogP contribution in [0.3, 0.4) is 0 Å². The van der Waals surface area contributed by atoms with E-state index in [0.717, 1.165) is 25.7 Å². The summed E-state index contributed by atoms with van der Waals surface area (Å²) in [7, 11) is -1.39. The third kappa shape index (κ3) is 4.18. The van der Waals surface area contributed by atoms with Gasteiger partial charge in [0.2, 0.25) is 6.08 Å². The molecular formula is C10H19NO2Si. The summed E-state index contributed by atoms with van der Waals surface area (Å²) in [6, 6.07) is 0.203.